The molecule has 0 amide bonds. The highest BCUT2D eigenvalue weighted by atomic mass is 79.9. The monoisotopic (exact) mass is 577 g/mol. The molecule has 4 atom stereocenters. The van der Waals surface area contributed by atoms with E-state index in [-0.39, 0.29) is 23.1 Å². The first-order valence-electron chi connectivity index (χ1n) is 13.5. The number of esters is 1. The highest BCUT2D eigenvalue weighted by Gasteiger charge is 2.58. The molecule has 1 unspecified atom stereocenters. The van der Waals surface area contributed by atoms with Crippen molar-refractivity contribution in [1.29, 1.82) is 0 Å². The summed E-state index contributed by atoms with van der Waals surface area (Å²) in [5.74, 6) is 1.22. The van der Waals surface area contributed by atoms with E-state index in [1.54, 1.807) is 0 Å². The molecular weight excluding hydrogens is 542 g/mol. The number of aliphatic hydroxyl groups is 1. The van der Waals surface area contributed by atoms with Gasteiger partial charge in [0.1, 0.15) is 11.9 Å². The van der Waals surface area contributed by atoms with Gasteiger partial charge in [-0.25, -0.2) is 4.79 Å². The molecule has 2 saturated carbocycles. The fraction of sp³-hybridized carbons (Fsp3) is 0.406. The minimum Gasteiger partial charge on any atom is -1.00 e. The number of para-hydroxylation sites is 1. The van der Waals surface area contributed by atoms with Crippen molar-refractivity contribution in [3.05, 3.63) is 90.0 Å². The standard InChI is InChI=1S/C32H36NO4.BrH/c1-33(2,19-10-20-36-23-11-4-3-5-12-23)30-22-17-18-26(30)29(21-22)37-31(34)32(35)27-15-8-6-13-24(27)25-14-7-9-16-28(25)32;/h3-9,11-16,22,26,29-30,35H,10,17-21H2,1-2H3;1H/q+1;/p-1/t22-,26+,29+,30?;/m0./s1. The zero-order chi connectivity index (χ0) is 25.6. The molecule has 1 N–H and O–H groups in total. The van der Waals surface area contributed by atoms with Crippen LogP contribution in [0.1, 0.15) is 36.8 Å². The van der Waals surface area contributed by atoms with Crippen molar-refractivity contribution in [2.45, 2.75) is 43.4 Å². The predicted octanol–water partition coefficient (Wildman–Crippen LogP) is 2.16. The summed E-state index contributed by atoms with van der Waals surface area (Å²) in [5, 5.41) is 11.9. The molecule has 5 nitrogen and oxygen atoms in total. The van der Waals surface area contributed by atoms with Crippen LogP contribution in [0.4, 0.5) is 0 Å². The topological polar surface area (TPSA) is 55.8 Å². The van der Waals surface area contributed by atoms with Gasteiger partial charge < -0.3 is 36.0 Å². The molecule has 3 aromatic rings. The highest BCUT2D eigenvalue weighted by Crippen LogP contribution is 2.52. The van der Waals surface area contributed by atoms with E-state index in [0.29, 0.717) is 35.6 Å². The molecular formula is C32H36BrNO4. The third-order valence-corrected chi connectivity index (χ3v) is 8.98. The van der Waals surface area contributed by atoms with E-state index in [1.165, 1.54) is 6.42 Å². The number of benzene rings is 3. The van der Waals surface area contributed by atoms with E-state index in [0.717, 1.165) is 47.2 Å². The third kappa shape index (κ3) is 4.47. The number of quaternary nitrogens is 1. The number of carbonyl (C=O) groups is 1. The maximum Gasteiger partial charge on any atom is 0.348 e. The van der Waals surface area contributed by atoms with E-state index >= 15 is 0 Å². The van der Waals surface area contributed by atoms with Gasteiger partial charge in [-0.1, -0.05) is 66.7 Å². The van der Waals surface area contributed by atoms with Crippen LogP contribution >= 0.6 is 0 Å². The van der Waals surface area contributed by atoms with Crippen molar-refractivity contribution in [2.24, 2.45) is 11.8 Å². The molecule has 0 saturated heterocycles. The molecule has 0 spiro atoms. The highest BCUT2D eigenvalue weighted by molar-refractivity contribution is 5.96. The first kappa shape index (κ1) is 26.9. The number of hydrogen-bond acceptors (Lipinski definition) is 4. The van der Waals surface area contributed by atoms with Gasteiger partial charge in [-0.2, -0.15) is 0 Å². The molecule has 0 aliphatic heterocycles. The van der Waals surface area contributed by atoms with E-state index in [9.17, 15) is 9.90 Å². The van der Waals surface area contributed by atoms with Crippen LogP contribution in [0.15, 0.2) is 78.9 Å². The average molecular weight is 579 g/mol. The van der Waals surface area contributed by atoms with E-state index in [4.69, 9.17) is 9.47 Å². The number of hydrogen-bond donors (Lipinski definition) is 1. The maximum atomic E-state index is 13.7. The SMILES string of the molecule is C[N+](C)(CCCOc1ccccc1)C1[C@H]2CC[C@@H]1[C@H](OC(=O)C1(O)c3ccccc3-c3ccccc31)C2.[Br-]. The summed E-state index contributed by atoms with van der Waals surface area (Å²) in [7, 11) is 4.61. The lowest BCUT2D eigenvalue weighted by molar-refractivity contribution is -0.919. The summed E-state index contributed by atoms with van der Waals surface area (Å²) >= 11 is 0. The largest absolute Gasteiger partial charge is 1.00 e. The van der Waals surface area contributed by atoms with E-state index < -0.39 is 11.6 Å². The Kier molecular flexibility index (Phi) is 7.42. The van der Waals surface area contributed by atoms with Crippen LogP contribution in [0.3, 0.4) is 0 Å². The zero-order valence-electron chi connectivity index (χ0n) is 22.1. The summed E-state index contributed by atoms with van der Waals surface area (Å²) in [6.07, 6.45) is 3.94. The number of ether oxygens (including phenoxy) is 2. The minimum absolute atomic E-state index is 0. The second-order valence-electron chi connectivity index (χ2n) is 11.5. The Bertz CT molecular complexity index is 1250. The fourth-order valence-electron chi connectivity index (χ4n) is 7.44. The Morgan fingerprint density at radius 1 is 0.921 bits per heavy atom. The maximum absolute atomic E-state index is 13.7. The lowest BCUT2D eigenvalue weighted by Gasteiger charge is -2.39. The summed E-state index contributed by atoms with van der Waals surface area (Å²) in [6, 6.07) is 25.7. The van der Waals surface area contributed by atoms with Crippen LogP contribution in [0.2, 0.25) is 0 Å². The summed E-state index contributed by atoms with van der Waals surface area (Å²) in [4.78, 5) is 13.7. The molecule has 3 aliphatic rings. The Hall–Kier alpha value is -2.67. The molecule has 3 aliphatic carbocycles. The fourth-order valence-corrected chi connectivity index (χ4v) is 7.44. The van der Waals surface area contributed by atoms with Crippen LogP contribution in [0.25, 0.3) is 11.1 Å². The molecule has 0 radical (unpaired) electrons. The summed E-state index contributed by atoms with van der Waals surface area (Å²) in [5.41, 5.74) is 1.28. The van der Waals surface area contributed by atoms with Gasteiger partial charge in [0.2, 0.25) is 5.60 Å². The molecule has 2 bridgehead atoms. The second-order valence-corrected chi connectivity index (χ2v) is 11.5. The van der Waals surface area contributed by atoms with Gasteiger partial charge in [-0.05, 0) is 42.5 Å². The Labute approximate surface area is 235 Å². The molecule has 0 aromatic heterocycles. The number of nitrogens with zero attached hydrogens (tertiary/aromatic N) is 1. The molecule has 200 valence electrons. The number of halogens is 1. The second kappa shape index (κ2) is 10.5. The Balaban J connectivity index is 0.00000294. The van der Waals surface area contributed by atoms with Crippen molar-refractivity contribution in [1.82, 2.24) is 0 Å². The summed E-state index contributed by atoms with van der Waals surface area (Å²) in [6.45, 7) is 1.70. The van der Waals surface area contributed by atoms with Crippen molar-refractivity contribution in [3.8, 4) is 16.9 Å². The first-order chi connectivity index (χ1) is 17.9. The van der Waals surface area contributed by atoms with Gasteiger partial charge in [0, 0.05) is 29.4 Å². The zero-order valence-corrected chi connectivity index (χ0v) is 23.6. The molecule has 0 heterocycles. The molecule has 6 rings (SSSR count). The lowest BCUT2D eigenvalue weighted by atomic mass is 9.91. The minimum atomic E-state index is -1.76. The first-order valence-corrected chi connectivity index (χ1v) is 13.5. The van der Waals surface area contributed by atoms with Crippen LogP contribution in [0.5, 0.6) is 5.75 Å². The smallest absolute Gasteiger partial charge is 0.348 e. The van der Waals surface area contributed by atoms with Crippen molar-refractivity contribution < 1.29 is 40.8 Å². The molecule has 38 heavy (non-hydrogen) atoms. The number of fused-ring (bicyclic) bond motifs is 5. The third-order valence-electron chi connectivity index (χ3n) is 8.98. The van der Waals surface area contributed by atoms with Crippen LogP contribution in [0, 0.1) is 11.8 Å². The van der Waals surface area contributed by atoms with Crippen LogP contribution in [-0.4, -0.2) is 55.0 Å². The Morgan fingerprint density at radius 2 is 1.53 bits per heavy atom. The average Bonchev–Trinajstić information content (AvgIpc) is 3.57. The number of rotatable bonds is 8. The quantitative estimate of drug-likeness (QED) is 0.253. The summed E-state index contributed by atoms with van der Waals surface area (Å²) < 4.78 is 13.1. The van der Waals surface area contributed by atoms with Crippen molar-refractivity contribution in [2.75, 3.05) is 27.2 Å². The van der Waals surface area contributed by atoms with Crippen molar-refractivity contribution in [3.63, 3.8) is 0 Å². The molecule has 3 aromatic carbocycles. The lowest BCUT2D eigenvalue weighted by Crippen LogP contribution is -3.00. The molecule has 2 fully saturated rings. The van der Waals surface area contributed by atoms with Crippen LogP contribution < -0.4 is 21.7 Å². The van der Waals surface area contributed by atoms with Gasteiger partial charge in [-0.3, -0.25) is 0 Å². The van der Waals surface area contributed by atoms with Gasteiger partial charge in [-0.15, -0.1) is 0 Å². The van der Waals surface area contributed by atoms with E-state index in [2.05, 4.69) is 14.1 Å². The van der Waals surface area contributed by atoms with Crippen molar-refractivity contribution >= 4 is 5.97 Å². The van der Waals surface area contributed by atoms with Gasteiger partial charge in [0.05, 0.1) is 33.3 Å². The van der Waals surface area contributed by atoms with Gasteiger partial charge in [0.25, 0.3) is 0 Å². The normalized spacial score (nSPS) is 24.3. The van der Waals surface area contributed by atoms with Crippen LogP contribution in [-0.2, 0) is 15.1 Å². The van der Waals surface area contributed by atoms with Gasteiger partial charge >= 0.3 is 5.97 Å². The Morgan fingerprint density at radius 3 is 2.18 bits per heavy atom. The number of carbonyl (C=O) groups excluding carboxylic acids is 1. The van der Waals surface area contributed by atoms with E-state index in [1.807, 2.05) is 78.9 Å². The van der Waals surface area contributed by atoms with Gasteiger partial charge in [0.15, 0.2) is 0 Å². The predicted molar refractivity (Wildman–Crippen MR) is 143 cm³/mol. The molecule has 6 heteroatoms.